The molecule has 19 heavy (non-hydrogen) atoms. The largest absolute Gasteiger partial charge is 0.259 e. The summed E-state index contributed by atoms with van der Waals surface area (Å²) in [6, 6.07) is 17.0. The molecule has 2 aromatic rings. The summed E-state index contributed by atoms with van der Waals surface area (Å²) in [5.74, 6) is 0. The lowest BCUT2D eigenvalue weighted by Gasteiger charge is -1.95. The molecule has 0 unspecified atom stereocenters. The van der Waals surface area contributed by atoms with Crippen LogP contribution < -0.4 is 0 Å². The topological polar surface area (TPSA) is 55.5 Å². The van der Waals surface area contributed by atoms with Crippen molar-refractivity contribution in [1.29, 1.82) is 0 Å². The van der Waals surface area contributed by atoms with Crippen LogP contribution in [0.5, 0.6) is 0 Å². The molecule has 0 saturated carbocycles. The molecule has 0 aromatic heterocycles. The van der Waals surface area contributed by atoms with Crippen LogP contribution in [0, 0.1) is 10.1 Å². The Balaban J connectivity index is 2.07. The third kappa shape index (κ3) is 4.20. The maximum absolute atomic E-state index is 10.2. The molecule has 0 spiro atoms. The van der Waals surface area contributed by atoms with E-state index in [0.29, 0.717) is 0 Å². The highest BCUT2D eigenvalue weighted by Crippen LogP contribution is 2.10. The minimum atomic E-state index is -0.481. The van der Waals surface area contributed by atoms with E-state index in [2.05, 4.69) is 4.99 Å². The van der Waals surface area contributed by atoms with Crippen LogP contribution in [0.25, 0.3) is 6.08 Å². The summed E-state index contributed by atoms with van der Waals surface area (Å²) in [5, 5.41) is 10.2. The fraction of sp³-hybridized carbons (Fsp3) is 0. The predicted octanol–water partition coefficient (Wildman–Crippen LogP) is 3.68. The summed E-state index contributed by atoms with van der Waals surface area (Å²) in [7, 11) is 0. The third-order valence-electron chi connectivity index (χ3n) is 2.44. The molecule has 0 bridgehead atoms. The molecule has 0 aliphatic heterocycles. The molecule has 0 fully saturated rings. The van der Waals surface area contributed by atoms with E-state index in [1.54, 1.807) is 6.21 Å². The second kappa shape index (κ2) is 6.26. The average Bonchev–Trinajstić information content (AvgIpc) is 2.45. The zero-order valence-corrected chi connectivity index (χ0v) is 10.1. The standard InChI is InChI=1S/C15H12N2O2/c18-17(19)11-10-13-6-8-14(9-7-13)12-16-15-4-2-1-3-5-15/h1-12H/b11-10+,16-12?. The molecule has 94 valence electrons. The SMILES string of the molecule is O=[N+]([O-])/C=C/c1ccc(C=Nc2ccccc2)cc1. The molecule has 4 heteroatoms. The lowest BCUT2D eigenvalue weighted by molar-refractivity contribution is -0.400. The molecular weight excluding hydrogens is 240 g/mol. The monoisotopic (exact) mass is 252 g/mol. The summed E-state index contributed by atoms with van der Waals surface area (Å²) in [6.07, 6.45) is 4.14. The van der Waals surface area contributed by atoms with Gasteiger partial charge in [-0.2, -0.15) is 0 Å². The van der Waals surface area contributed by atoms with Gasteiger partial charge in [-0.3, -0.25) is 15.1 Å². The minimum absolute atomic E-state index is 0.481. The normalized spacial score (nSPS) is 11.2. The Kier molecular flexibility index (Phi) is 4.18. The van der Waals surface area contributed by atoms with Crippen molar-refractivity contribution in [2.45, 2.75) is 0 Å². The first kappa shape index (κ1) is 12.7. The quantitative estimate of drug-likeness (QED) is 0.473. The molecule has 0 saturated heterocycles. The van der Waals surface area contributed by atoms with Gasteiger partial charge in [0.25, 0.3) is 0 Å². The highest BCUT2D eigenvalue weighted by atomic mass is 16.6. The van der Waals surface area contributed by atoms with Crippen LogP contribution in [0.3, 0.4) is 0 Å². The highest BCUT2D eigenvalue weighted by molar-refractivity contribution is 5.82. The maximum atomic E-state index is 10.2. The van der Waals surface area contributed by atoms with Crippen LogP contribution in [0.15, 0.2) is 65.8 Å². The molecule has 0 aliphatic rings. The van der Waals surface area contributed by atoms with E-state index in [-0.39, 0.29) is 0 Å². The Morgan fingerprint density at radius 1 is 0.947 bits per heavy atom. The van der Waals surface area contributed by atoms with Gasteiger partial charge in [0.1, 0.15) is 0 Å². The minimum Gasteiger partial charge on any atom is -0.259 e. The number of para-hydroxylation sites is 1. The zero-order valence-electron chi connectivity index (χ0n) is 10.1. The van der Waals surface area contributed by atoms with Gasteiger partial charge in [0.2, 0.25) is 6.20 Å². The van der Waals surface area contributed by atoms with E-state index < -0.39 is 4.92 Å². The van der Waals surface area contributed by atoms with Crippen molar-refractivity contribution in [3.05, 3.63) is 82.0 Å². The Hall–Kier alpha value is -2.75. The third-order valence-corrected chi connectivity index (χ3v) is 2.44. The van der Waals surface area contributed by atoms with E-state index in [1.807, 2.05) is 54.6 Å². The smallest absolute Gasteiger partial charge is 0.235 e. The van der Waals surface area contributed by atoms with Gasteiger partial charge in [0.15, 0.2) is 0 Å². The van der Waals surface area contributed by atoms with Gasteiger partial charge in [-0.05, 0) is 23.3 Å². The van der Waals surface area contributed by atoms with Gasteiger partial charge in [0, 0.05) is 12.3 Å². The molecule has 0 heterocycles. The highest BCUT2D eigenvalue weighted by Gasteiger charge is 1.92. The number of nitro groups is 1. The molecule has 0 aliphatic carbocycles. The zero-order chi connectivity index (χ0) is 13.5. The summed E-state index contributed by atoms with van der Waals surface area (Å²) >= 11 is 0. The van der Waals surface area contributed by atoms with E-state index in [9.17, 15) is 10.1 Å². The van der Waals surface area contributed by atoms with Gasteiger partial charge in [-0.1, -0.05) is 42.5 Å². The van der Waals surface area contributed by atoms with Crippen molar-refractivity contribution in [2.24, 2.45) is 4.99 Å². The summed E-state index contributed by atoms with van der Waals surface area (Å²) in [6.45, 7) is 0. The Bertz CT molecular complexity index is 602. The average molecular weight is 252 g/mol. The number of hydrogen-bond donors (Lipinski definition) is 0. The summed E-state index contributed by atoms with van der Waals surface area (Å²) in [5.41, 5.74) is 2.62. The number of hydrogen-bond acceptors (Lipinski definition) is 3. The molecule has 0 radical (unpaired) electrons. The molecule has 4 nitrogen and oxygen atoms in total. The lowest BCUT2D eigenvalue weighted by atomic mass is 10.1. The van der Waals surface area contributed by atoms with Gasteiger partial charge < -0.3 is 0 Å². The maximum Gasteiger partial charge on any atom is 0.235 e. The van der Waals surface area contributed by atoms with Crippen LogP contribution in [0.4, 0.5) is 5.69 Å². The molecule has 0 N–H and O–H groups in total. The van der Waals surface area contributed by atoms with Crippen LogP contribution in [-0.4, -0.2) is 11.1 Å². The number of benzene rings is 2. The van der Waals surface area contributed by atoms with E-state index >= 15 is 0 Å². The van der Waals surface area contributed by atoms with Gasteiger partial charge >= 0.3 is 0 Å². The number of aliphatic imine (C=N–C) groups is 1. The van der Waals surface area contributed by atoms with Crippen molar-refractivity contribution >= 4 is 18.0 Å². The second-order valence-electron chi connectivity index (χ2n) is 3.86. The van der Waals surface area contributed by atoms with Gasteiger partial charge in [-0.15, -0.1) is 0 Å². The lowest BCUT2D eigenvalue weighted by Crippen LogP contribution is -1.84. The van der Waals surface area contributed by atoms with Crippen LogP contribution in [0.2, 0.25) is 0 Å². The Morgan fingerprint density at radius 2 is 1.58 bits per heavy atom. The second-order valence-corrected chi connectivity index (χ2v) is 3.86. The molecule has 0 amide bonds. The fourth-order valence-electron chi connectivity index (χ4n) is 1.50. The van der Waals surface area contributed by atoms with Crippen molar-refractivity contribution < 1.29 is 4.92 Å². The van der Waals surface area contributed by atoms with Crippen molar-refractivity contribution in [2.75, 3.05) is 0 Å². The van der Waals surface area contributed by atoms with E-state index in [4.69, 9.17) is 0 Å². The Morgan fingerprint density at radius 3 is 2.21 bits per heavy atom. The van der Waals surface area contributed by atoms with Crippen LogP contribution in [-0.2, 0) is 0 Å². The number of nitrogens with zero attached hydrogens (tertiary/aromatic N) is 2. The molecule has 0 atom stereocenters. The fourth-order valence-corrected chi connectivity index (χ4v) is 1.50. The van der Waals surface area contributed by atoms with Crippen LogP contribution >= 0.6 is 0 Å². The van der Waals surface area contributed by atoms with Crippen molar-refractivity contribution in [1.82, 2.24) is 0 Å². The first-order valence-corrected chi connectivity index (χ1v) is 5.75. The van der Waals surface area contributed by atoms with Crippen molar-refractivity contribution in [3.8, 4) is 0 Å². The summed E-state index contributed by atoms with van der Waals surface area (Å²) in [4.78, 5) is 14.0. The number of rotatable bonds is 4. The van der Waals surface area contributed by atoms with Crippen molar-refractivity contribution in [3.63, 3.8) is 0 Å². The predicted molar refractivity (Wildman–Crippen MR) is 76.2 cm³/mol. The van der Waals surface area contributed by atoms with E-state index in [0.717, 1.165) is 23.0 Å². The molecular formula is C15H12N2O2. The van der Waals surface area contributed by atoms with Gasteiger partial charge in [-0.25, -0.2) is 0 Å². The van der Waals surface area contributed by atoms with E-state index in [1.165, 1.54) is 6.08 Å². The Labute approximate surface area is 110 Å². The first-order valence-electron chi connectivity index (χ1n) is 5.75. The molecule has 2 aromatic carbocycles. The van der Waals surface area contributed by atoms with Gasteiger partial charge in [0.05, 0.1) is 10.6 Å². The molecule has 2 rings (SSSR count). The first-order chi connectivity index (χ1) is 9.24. The van der Waals surface area contributed by atoms with Crippen LogP contribution in [0.1, 0.15) is 11.1 Å². The summed E-state index contributed by atoms with van der Waals surface area (Å²) < 4.78 is 0.